The summed E-state index contributed by atoms with van der Waals surface area (Å²) in [6, 6.07) is 5.74. The number of nitrogens with two attached hydrogens (primary N) is 1. The van der Waals surface area contributed by atoms with Crippen LogP contribution in [0.1, 0.15) is 22.3 Å². The highest BCUT2D eigenvalue weighted by atomic mass is 16.5. The molecule has 0 heterocycles. The SMILES string of the molecule is COC(=O)Cc1ccc(C)c(C#N)c1CN. The van der Waals surface area contributed by atoms with Crippen molar-refractivity contribution in [3.05, 3.63) is 34.4 Å². The van der Waals surface area contributed by atoms with Crippen LogP contribution in [0.5, 0.6) is 0 Å². The maximum absolute atomic E-state index is 11.2. The summed E-state index contributed by atoms with van der Waals surface area (Å²) in [4.78, 5) is 11.2. The molecule has 0 aliphatic rings. The van der Waals surface area contributed by atoms with Crippen LogP contribution in [0.3, 0.4) is 0 Å². The van der Waals surface area contributed by atoms with Gasteiger partial charge in [0.2, 0.25) is 0 Å². The molecule has 2 N–H and O–H groups in total. The van der Waals surface area contributed by atoms with Gasteiger partial charge in [0.05, 0.1) is 25.2 Å². The molecule has 0 atom stereocenters. The second-order valence-corrected chi connectivity index (χ2v) is 3.46. The van der Waals surface area contributed by atoms with Crippen molar-refractivity contribution in [1.82, 2.24) is 0 Å². The lowest BCUT2D eigenvalue weighted by Crippen LogP contribution is -2.11. The van der Waals surface area contributed by atoms with Crippen molar-refractivity contribution in [2.45, 2.75) is 19.9 Å². The molecular weight excluding hydrogens is 204 g/mol. The molecular formula is C12H14N2O2. The third-order valence-corrected chi connectivity index (χ3v) is 2.50. The molecule has 84 valence electrons. The van der Waals surface area contributed by atoms with Gasteiger partial charge >= 0.3 is 5.97 Å². The summed E-state index contributed by atoms with van der Waals surface area (Å²) in [5, 5.41) is 9.02. The van der Waals surface area contributed by atoms with Gasteiger partial charge in [0.25, 0.3) is 0 Å². The molecule has 4 heteroatoms. The Morgan fingerprint density at radius 1 is 1.56 bits per heavy atom. The van der Waals surface area contributed by atoms with E-state index < -0.39 is 0 Å². The number of benzene rings is 1. The summed E-state index contributed by atoms with van der Waals surface area (Å²) in [6.07, 6.45) is 0.151. The highest BCUT2D eigenvalue weighted by molar-refractivity contribution is 5.73. The number of hydrogen-bond acceptors (Lipinski definition) is 4. The molecule has 4 nitrogen and oxygen atoms in total. The van der Waals surface area contributed by atoms with E-state index in [4.69, 9.17) is 11.0 Å². The molecule has 0 bridgehead atoms. The van der Waals surface area contributed by atoms with E-state index in [1.165, 1.54) is 7.11 Å². The highest BCUT2D eigenvalue weighted by Gasteiger charge is 2.12. The molecule has 0 aromatic heterocycles. The first kappa shape index (κ1) is 12.2. The Hall–Kier alpha value is -1.86. The zero-order chi connectivity index (χ0) is 12.1. The van der Waals surface area contributed by atoms with E-state index in [0.29, 0.717) is 5.56 Å². The summed E-state index contributed by atoms with van der Waals surface area (Å²) in [5.41, 5.74) is 8.53. The number of hydrogen-bond donors (Lipinski definition) is 1. The maximum atomic E-state index is 11.2. The number of rotatable bonds is 3. The lowest BCUT2D eigenvalue weighted by molar-refractivity contribution is -0.139. The average molecular weight is 218 g/mol. The van der Waals surface area contributed by atoms with Crippen LogP contribution in [0.4, 0.5) is 0 Å². The zero-order valence-corrected chi connectivity index (χ0v) is 9.41. The van der Waals surface area contributed by atoms with Crippen molar-refractivity contribution in [1.29, 1.82) is 5.26 Å². The molecule has 0 spiro atoms. The Morgan fingerprint density at radius 2 is 2.25 bits per heavy atom. The van der Waals surface area contributed by atoms with Crippen LogP contribution in [-0.4, -0.2) is 13.1 Å². The third-order valence-electron chi connectivity index (χ3n) is 2.50. The molecule has 1 aromatic carbocycles. The first-order valence-corrected chi connectivity index (χ1v) is 4.92. The van der Waals surface area contributed by atoms with Crippen molar-refractivity contribution < 1.29 is 9.53 Å². The Kier molecular flexibility index (Phi) is 4.03. The van der Waals surface area contributed by atoms with Crippen LogP contribution in [0, 0.1) is 18.3 Å². The van der Waals surface area contributed by atoms with Gasteiger partial charge in [-0.25, -0.2) is 0 Å². The number of ether oxygens (including phenoxy) is 1. The van der Waals surface area contributed by atoms with Gasteiger partial charge in [-0.05, 0) is 23.6 Å². The molecule has 0 saturated heterocycles. The molecule has 0 unspecified atom stereocenters. The van der Waals surface area contributed by atoms with Gasteiger partial charge in [-0.3, -0.25) is 4.79 Å². The van der Waals surface area contributed by atoms with E-state index in [1.54, 1.807) is 0 Å². The number of nitriles is 1. The fourth-order valence-electron chi connectivity index (χ4n) is 1.59. The molecule has 16 heavy (non-hydrogen) atoms. The number of carbonyl (C=O) groups is 1. The Morgan fingerprint density at radius 3 is 2.75 bits per heavy atom. The lowest BCUT2D eigenvalue weighted by atomic mass is 9.95. The highest BCUT2D eigenvalue weighted by Crippen LogP contribution is 2.18. The fraction of sp³-hybridized carbons (Fsp3) is 0.333. The number of carbonyl (C=O) groups excluding carboxylic acids is 1. The van der Waals surface area contributed by atoms with Crippen molar-refractivity contribution in [2.24, 2.45) is 5.73 Å². The molecule has 0 aliphatic carbocycles. The standard InChI is InChI=1S/C12H14N2O2/c1-8-3-4-9(5-12(15)16-2)11(7-14)10(8)6-13/h3-4H,5,7,14H2,1-2H3. The van der Waals surface area contributed by atoms with E-state index in [1.807, 2.05) is 19.1 Å². The van der Waals surface area contributed by atoms with Crippen LogP contribution in [0.15, 0.2) is 12.1 Å². The monoisotopic (exact) mass is 218 g/mol. The molecule has 0 radical (unpaired) electrons. The molecule has 0 aliphatic heterocycles. The predicted molar refractivity (Wildman–Crippen MR) is 59.5 cm³/mol. The lowest BCUT2D eigenvalue weighted by Gasteiger charge is -2.10. The van der Waals surface area contributed by atoms with Crippen LogP contribution >= 0.6 is 0 Å². The summed E-state index contributed by atoms with van der Waals surface area (Å²) in [5.74, 6) is -0.331. The number of methoxy groups -OCH3 is 1. The number of nitrogens with zero attached hydrogens (tertiary/aromatic N) is 1. The largest absolute Gasteiger partial charge is 0.469 e. The summed E-state index contributed by atoms with van der Waals surface area (Å²) in [7, 11) is 1.34. The van der Waals surface area contributed by atoms with Crippen LogP contribution in [0.25, 0.3) is 0 Å². The minimum Gasteiger partial charge on any atom is -0.469 e. The van der Waals surface area contributed by atoms with Gasteiger partial charge in [0.1, 0.15) is 0 Å². The van der Waals surface area contributed by atoms with Gasteiger partial charge in [0.15, 0.2) is 0 Å². The Bertz CT molecular complexity index is 447. The normalized spacial score (nSPS) is 9.62. The Balaban J connectivity index is 3.21. The fourth-order valence-corrected chi connectivity index (χ4v) is 1.59. The van der Waals surface area contributed by atoms with Gasteiger partial charge in [-0.2, -0.15) is 5.26 Å². The van der Waals surface area contributed by atoms with Gasteiger partial charge in [-0.1, -0.05) is 12.1 Å². The first-order chi connectivity index (χ1) is 7.63. The van der Waals surface area contributed by atoms with Crippen molar-refractivity contribution >= 4 is 5.97 Å². The minimum atomic E-state index is -0.331. The molecule has 0 saturated carbocycles. The zero-order valence-electron chi connectivity index (χ0n) is 9.41. The summed E-state index contributed by atoms with van der Waals surface area (Å²) >= 11 is 0. The Labute approximate surface area is 94.6 Å². The molecule has 1 aromatic rings. The average Bonchev–Trinajstić information content (AvgIpc) is 2.30. The second kappa shape index (κ2) is 5.29. The quantitative estimate of drug-likeness (QED) is 0.769. The van der Waals surface area contributed by atoms with E-state index in [-0.39, 0.29) is 18.9 Å². The van der Waals surface area contributed by atoms with Gasteiger partial charge < -0.3 is 10.5 Å². The van der Waals surface area contributed by atoms with E-state index in [0.717, 1.165) is 16.7 Å². The predicted octanol–water partition coefficient (Wildman–Crippen LogP) is 1.04. The maximum Gasteiger partial charge on any atom is 0.309 e. The third kappa shape index (κ3) is 2.38. The smallest absolute Gasteiger partial charge is 0.309 e. The van der Waals surface area contributed by atoms with Gasteiger partial charge in [0, 0.05) is 6.54 Å². The van der Waals surface area contributed by atoms with Crippen LogP contribution in [-0.2, 0) is 22.5 Å². The minimum absolute atomic E-state index is 0.151. The van der Waals surface area contributed by atoms with Crippen LogP contribution < -0.4 is 5.73 Å². The summed E-state index contributed by atoms with van der Waals surface area (Å²) < 4.78 is 4.59. The van der Waals surface area contributed by atoms with Gasteiger partial charge in [-0.15, -0.1) is 0 Å². The molecule has 1 rings (SSSR count). The van der Waals surface area contributed by atoms with Crippen LogP contribution in [0.2, 0.25) is 0 Å². The van der Waals surface area contributed by atoms with E-state index in [2.05, 4.69) is 10.8 Å². The van der Waals surface area contributed by atoms with Crippen molar-refractivity contribution in [2.75, 3.05) is 7.11 Å². The van der Waals surface area contributed by atoms with E-state index >= 15 is 0 Å². The van der Waals surface area contributed by atoms with Crippen molar-refractivity contribution in [3.8, 4) is 6.07 Å². The second-order valence-electron chi connectivity index (χ2n) is 3.46. The number of esters is 1. The van der Waals surface area contributed by atoms with Crippen molar-refractivity contribution in [3.63, 3.8) is 0 Å². The molecule has 0 fully saturated rings. The molecule has 0 amide bonds. The summed E-state index contributed by atoms with van der Waals surface area (Å²) in [6.45, 7) is 2.09. The topological polar surface area (TPSA) is 76.1 Å². The van der Waals surface area contributed by atoms with E-state index in [9.17, 15) is 4.79 Å². The number of aryl methyl sites for hydroxylation is 1. The first-order valence-electron chi connectivity index (χ1n) is 4.92.